The number of hydrogen-bond acceptors (Lipinski definition) is 7. The molecular weight excluding hydrogens is 438 g/mol. The molecule has 4 aromatic heterocycles. The molecule has 0 unspecified atom stereocenters. The molecular formula is C21H14ClN5OS2. The molecule has 0 N–H and O–H groups in total. The van der Waals surface area contributed by atoms with Crippen molar-refractivity contribution in [2.75, 3.05) is 0 Å². The van der Waals surface area contributed by atoms with Crippen LogP contribution in [-0.2, 0) is 5.75 Å². The lowest BCUT2D eigenvalue weighted by Crippen LogP contribution is -1.99. The van der Waals surface area contributed by atoms with Crippen LogP contribution in [0.1, 0.15) is 5.69 Å². The van der Waals surface area contributed by atoms with Crippen LogP contribution < -0.4 is 0 Å². The summed E-state index contributed by atoms with van der Waals surface area (Å²) in [4.78, 5) is 9.69. The fraction of sp³-hybridized carbons (Fsp3) is 0.0476. The van der Waals surface area contributed by atoms with Gasteiger partial charge in [-0.15, -0.1) is 21.5 Å². The summed E-state index contributed by atoms with van der Waals surface area (Å²) in [5.41, 5.74) is 2.71. The van der Waals surface area contributed by atoms with Gasteiger partial charge in [-0.3, -0.25) is 9.55 Å². The van der Waals surface area contributed by atoms with Gasteiger partial charge in [-0.2, -0.15) is 0 Å². The first kappa shape index (κ1) is 19.0. The molecule has 4 heterocycles. The second kappa shape index (κ2) is 8.43. The minimum Gasteiger partial charge on any atom is -0.444 e. The molecule has 0 saturated carbocycles. The highest BCUT2D eigenvalue weighted by Crippen LogP contribution is 2.31. The third-order valence-corrected chi connectivity index (χ3v) is 6.36. The van der Waals surface area contributed by atoms with Crippen molar-refractivity contribution in [1.29, 1.82) is 0 Å². The van der Waals surface area contributed by atoms with Gasteiger partial charge in [0.25, 0.3) is 0 Å². The highest BCUT2D eigenvalue weighted by atomic mass is 35.5. The summed E-state index contributed by atoms with van der Waals surface area (Å²) in [6, 6.07) is 15.4. The van der Waals surface area contributed by atoms with Gasteiger partial charge in [0.2, 0.25) is 5.89 Å². The van der Waals surface area contributed by atoms with Gasteiger partial charge in [-0.1, -0.05) is 29.4 Å². The minimum absolute atomic E-state index is 0.608. The van der Waals surface area contributed by atoms with E-state index >= 15 is 0 Å². The average molecular weight is 452 g/mol. The van der Waals surface area contributed by atoms with Crippen molar-refractivity contribution >= 4 is 34.7 Å². The highest BCUT2D eigenvalue weighted by molar-refractivity contribution is 7.98. The predicted octanol–water partition coefficient (Wildman–Crippen LogP) is 5.99. The third kappa shape index (κ3) is 3.89. The van der Waals surface area contributed by atoms with Gasteiger partial charge in [-0.25, -0.2) is 4.98 Å². The van der Waals surface area contributed by atoms with E-state index < -0.39 is 0 Å². The molecule has 5 aromatic rings. The van der Waals surface area contributed by atoms with E-state index in [-0.39, 0.29) is 0 Å². The van der Waals surface area contributed by atoms with Crippen LogP contribution in [0.4, 0.5) is 0 Å². The number of thioether (sulfide) groups is 1. The third-order valence-electron chi connectivity index (χ3n) is 4.29. The molecule has 6 nitrogen and oxygen atoms in total. The minimum atomic E-state index is 0.608. The van der Waals surface area contributed by atoms with Crippen molar-refractivity contribution in [1.82, 2.24) is 24.7 Å². The fourth-order valence-corrected chi connectivity index (χ4v) is 4.51. The number of nitrogens with zero attached hydrogens (tertiary/aromatic N) is 5. The van der Waals surface area contributed by atoms with Gasteiger partial charge in [0.1, 0.15) is 6.26 Å². The van der Waals surface area contributed by atoms with E-state index in [1.54, 1.807) is 41.8 Å². The van der Waals surface area contributed by atoms with E-state index in [1.165, 1.54) is 0 Å². The van der Waals surface area contributed by atoms with Gasteiger partial charge in [0.15, 0.2) is 11.0 Å². The zero-order valence-corrected chi connectivity index (χ0v) is 17.9. The van der Waals surface area contributed by atoms with Crippen molar-refractivity contribution in [2.24, 2.45) is 0 Å². The van der Waals surface area contributed by atoms with Crippen LogP contribution in [0.25, 0.3) is 27.8 Å². The number of aromatic nitrogens is 5. The summed E-state index contributed by atoms with van der Waals surface area (Å²) in [7, 11) is 0. The molecule has 0 radical (unpaired) electrons. The number of hydrogen-bond donors (Lipinski definition) is 0. The summed E-state index contributed by atoms with van der Waals surface area (Å²) in [6.07, 6.45) is 5.17. The van der Waals surface area contributed by atoms with Crippen molar-refractivity contribution in [3.8, 4) is 27.8 Å². The molecule has 0 aliphatic rings. The molecule has 0 aliphatic heterocycles. The van der Waals surface area contributed by atoms with Crippen LogP contribution in [0.2, 0.25) is 5.02 Å². The smallest absolute Gasteiger partial charge is 0.236 e. The normalized spacial score (nSPS) is 11.1. The Kier molecular flexibility index (Phi) is 5.35. The Morgan fingerprint density at radius 2 is 1.87 bits per heavy atom. The molecule has 148 valence electrons. The lowest BCUT2D eigenvalue weighted by Gasteiger charge is -2.10. The number of benzene rings is 1. The highest BCUT2D eigenvalue weighted by Gasteiger charge is 2.17. The van der Waals surface area contributed by atoms with Gasteiger partial charge in [0.05, 0.1) is 10.6 Å². The van der Waals surface area contributed by atoms with Crippen LogP contribution in [0.5, 0.6) is 0 Å². The van der Waals surface area contributed by atoms with Gasteiger partial charge in [0, 0.05) is 34.4 Å². The van der Waals surface area contributed by atoms with E-state index in [1.807, 2.05) is 58.5 Å². The van der Waals surface area contributed by atoms with E-state index in [2.05, 4.69) is 20.2 Å². The largest absolute Gasteiger partial charge is 0.444 e. The lowest BCUT2D eigenvalue weighted by molar-refractivity contribution is 0.575. The zero-order valence-electron chi connectivity index (χ0n) is 15.5. The van der Waals surface area contributed by atoms with Gasteiger partial charge >= 0.3 is 0 Å². The molecule has 0 saturated heterocycles. The number of halogens is 1. The SMILES string of the molecule is Clc1ccc(-n2c(SCc3coc(-c4cccs4)n3)nnc2-c2ccncc2)cc1. The Hall–Kier alpha value is -2.94. The van der Waals surface area contributed by atoms with Crippen molar-refractivity contribution in [2.45, 2.75) is 10.9 Å². The Labute approximate surface area is 185 Å². The van der Waals surface area contributed by atoms with Crippen molar-refractivity contribution in [3.05, 3.63) is 83.3 Å². The zero-order chi connectivity index (χ0) is 20.3. The number of thiophene rings is 1. The quantitative estimate of drug-likeness (QED) is 0.295. The van der Waals surface area contributed by atoms with Crippen LogP contribution in [-0.4, -0.2) is 24.7 Å². The Bertz CT molecular complexity index is 1250. The number of oxazole rings is 1. The molecule has 1 aromatic carbocycles. The first-order valence-corrected chi connectivity index (χ1v) is 11.2. The van der Waals surface area contributed by atoms with Crippen LogP contribution in [0.15, 0.2) is 82.1 Å². The molecule has 0 atom stereocenters. The van der Waals surface area contributed by atoms with Crippen LogP contribution in [0.3, 0.4) is 0 Å². The van der Waals surface area contributed by atoms with E-state index in [0.29, 0.717) is 16.7 Å². The Morgan fingerprint density at radius 3 is 2.63 bits per heavy atom. The van der Waals surface area contributed by atoms with E-state index in [0.717, 1.165) is 32.8 Å². The summed E-state index contributed by atoms with van der Waals surface area (Å²) < 4.78 is 7.63. The number of pyridine rings is 1. The first-order chi connectivity index (χ1) is 14.8. The monoisotopic (exact) mass is 451 g/mol. The maximum absolute atomic E-state index is 6.08. The van der Waals surface area contributed by atoms with Crippen molar-refractivity contribution < 1.29 is 4.42 Å². The lowest BCUT2D eigenvalue weighted by atomic mass is 10.2. The molecule has 0 amide bonds. The first-order valence-electron chi connectivity index (χ1n) is 9.01. The van der Waals surface area contributed by atoms with Crippen LogP contribution in [0, 0.1) is 0 Å². The molecule has 5 rings (SSSR count). The van der Waals surface area contributed by atoms with Crippen LogP contribution >= 0.6 is 34.7 Å². The number of rotatable bonds is 6. The summed E-state index contributed by atoms with van der Waals surface area (Å²) in [5.74, 6) is 1.98. The second-order valence-electron chi connectivity index (χ2n) is 6.26. The average Bonchev–Trinajstić information content (AvgIpc) is 3.53. The van der Waals surface area contributed by atoms with E-state index in [9.17, 15) is 0 Å². The summed E-state index contributed by atoms with van der Waals surface area (Å²) in [5, 5.41) is 12.3. The van der Waals surface area contributed by atoms with E-state index in [4.69, 9.17) is 16.0 Å². The molecule has 0 aliphatic carbocycles. The Morgan fingerprint density at radius 1 is 1.03 bits per heavy atom. The molecule has 0 bridgehead atoms. The Balaban J connectivity index is 1.46. The van der Waals surface area contributed by atoms with Gasteiger partial charge in [-0.05, 0) is 47.8 Å². The standard InChI is InChI=1S/C21H14ClN5OS2/c22-15-3-5-17(6-4-15)27-19(14-7-9-23-10-8-14)25-26-21(27)30-13-16-12-28-20(24-16)18-2-1-11-29-18/h1-12H,13H2. The molecule has 30 heavy (non-hydrogen) atoms. The molecule has 0 spiro atoms. The topological polar surface area (TPSA) is 69.6 Å². The van der Waals surface area contributed by atoms with Gasteiger partial charge < -0.3 is 4.42 Å². The summed E-state index contributed by atoms with van der Waals surface area (Å²) >= 11 is 9.23. The maximum Gasteiger partial charge on any atom is 0.236 e. The predicted molar refractivity (Wildman–Crippen MR) is 119 cm³/mol. The fourth-order valence-electron chi connectivity index (χ4n) is 2.90. The molecule has 0 fully saturated rings. The molecule has 9 heteroatoms. The maximum atomic E-state index is 6.08. The van der Waals surface area contributed by atoms with Crippen molar-refractivity contribution in [3.63, 3.8) is 0 Å². The summed E-state index contributed by atoms with van der Waals surface area (Å²) in [6.45, 7) is 0. The second-order valence-corrected chi connectivity index (χ2v) is 8.59.